The highest BCUT2D eigenvalue weighted by atomic mass is 32.2. The normalized spacial score (nSPS) is 11.5. The molecule has 24 heavy (non-hydrogen) atoms. The third-order valence-electron chi connectivity index (χ3n) is 3.02. The van der Waals surface area contributed by atoms with Crippen LogP contribution in [0, 0.1) is 11.3 Å². The number of ether oxygens (including phenoxy) is 2. The van der Waals surface area contributed by atoms with Gasteiger partial charge in [0.05, 0.1) is 14.2 Å². The molecule has 0 saturated heterocycles. The molecule has 0 aromatic heterocycles. The summed E-state index contributed by atoms with van der Waals surface area (Å²) in [5.41, 5.74) is 0.119. The Hall–Kier alpha value is -3.05. The minimum atomic E-state index is -4.10. The van der Waals surface area contributed by atoms with Crippen molar-refractivity contribution in [2.45, 2.75) is 4.90 Å². The summed E-state index contributed by atoms with van der Waals surface area (Å²) in [7, 11) is -1.17. The Bertz CT molecular complexity index is 886. The molecule has 0 atom stereocenters. The Morgan fingerprint density at radius 2 is 1.71 bits per heavy atom. The van der Waals surface area contributed by atoms with E-state index in [2.05, 4.69) is 9.44 Å². The molecule has 2 aromatic carbocycles. The Morgan fingerprint density at radius 3 is 2.29 bits per heavy atom. The van der Waals surface area contributed by atoms with Gasteiger partial charge in [-0.1, -0.05) is 23.4 Å². The minimum absolute atomic E-state index is 0.0571. The highest BCUT2D eigenvalue weighted by molar-refractivity contribution is 7.86. The maximum Gasteiger partial charge on any atom is 0.358 e. The molecule has 0 fully saturated rings. The number of hydrogen-bond donors (Lipinski definition) is 0. The SMILES string of the molecule is COc1ccc(/C(C#N)=N\OS(=O)(=O)c2ccccc2)cc1OC. The predicted octanol–water partition coefficient (Wildman–Crippen LogP) is 2.34. The Balaban J connectivity index is 2.32. The van der Waals surface area contributed by atoms with E-state index in [0.29, 0.717) is 17.1 Å². The third-order valence-corrected chi connectivity index (χ3v) is 4.14. The first-order valence-corrected chi connectivity index (χ1v) is 8.12. The van der Waals surface area contributed by atoms with Crippen molar-refractivity contribution in [2.24, 2.45) is 5.16 Å². The fraction of sp³-hybridized carbons (Fsp3) is 0.125. The standard InChI is InChI=1S/C16H14N2O5S/c1-21-15-9-8-12(10-16(15)22-2)14(11-17)18-23-24(19,20)13-6-4-3-5-7-13/h3-10H,1-2H3/b18-14-. The molecule has 0 unspecified atom stereocenters. The summed E-state index contributed by atoms with van der Waals surface area (Å²) < 4.78 is 38.9. The molecule has 2 aromatic rings. The van der Waals surface area contributed by atoms with Crippen molar-refractivity contribution in [3.63, 3.8) is 0 Å². The van der Waals surface area contributed by atoms with Crippen LogP contribution in [-0.2, 0) is 14.4 Å². The molecule has 8 heteroatoms. The van der Waals surface area contributed by atoms with Gasteiger partial charge in [-0.15, -0.1) is 0 Å². The van der Waals surface area contributed by atoms with Crippen LogP contribution >= 0.6 is 0 Å². The van der Waals surface area contributed by atoms with Crippen LogP contribution in [0.5, 0.6) is 11.5 Å². The van der Waals surface area contributed by atoms with Crippen molar-refractivity contribution in [1.82, 2.24) is 0 Å². The molecule has 0 amide bonds. The van der Waals surface area contributed by atoms with E-state index in [0.717, 1.165) is 0 Å². The van der Waals surface area contributed by atoms with Crippen LogP contribution in [0.25, 0.3) is 0 Å². The molecule has 0 aliphatic rings. The Morgan fingerprint density at radius 1 is 1.04 bits per heavy atom. The molecule has 0 radical (unpaired) electrons. The van der Waals surface area contributed by atoms with Gasteiger partial charge in [-0.05, 0) is 30.3 Å². The molecular weight excluding hydrogens is 332 g/mol. The first kappa shape index (κ1) is 17.3. The first-order valence-electron chi connectivity index (χ1n) is 6.71. The lowest BCUT2D eigenvalue weighted by molar-refractivity contribution is 0.339. The number of rotatable bonds is 6. The van der Waals surface area contributed by atoms with Crippen molar-refractivity contribution in [3.05, 3.63) is 54.1 Å². The highest BCUT2D eigenvalue weighted by Crippen LogP contribution is 2.27. The summed E-state index contributed by atoms with van der Waals surface area (Å²) in [6.07, 6.45) is 0. The molecule has 0 aliphatic carbocycles. The Labute approximate surface area is 139 Å². The molecule has 0 heterocycles. The molecule has 124 valence electrons. The van der Waals surface area contributed by atoms with E-state index in [9.17, 15) is 13.7 Å². The van der Waals surface area contributed by atoms with Gasteiger partial charge in [-0.3, -0.25) is 4.28 Å². The average molecular weight is 346 g/mol. The number of nitriles is 1. The zero-order chi connectivity index (χ0) is 17.6. The van der Waals surface area contributed by atoms with E-state index in [4.69, 9.17) is 9.47 Å². The van der Waals surface area contributed by atoms with E-state index in [1.54, 1.807) is 36.4 Å². The van der Waals surface area contributed by atoms with Gasteiger partial charge < -0.3 is 9.47 Å². The van der Waals surface area contributed by atoms with Gasteiger partial charge in [0.1, 0.15) is 11.0 Å². The molecule has 0 spiro atoms. The van der Waals surface area contributed by atoms with Crippen molar-refractivity contribution in [3.8, 4) is 17.6 Å². The van der Waals surface area contributed by atoms with Crippen LogP contribution in [-0.4, -0.2) is 28.3 Å². The van der Waals surface area contributed by atoms with Crippen LogP contribution in [0.15, 0.2) is 58.6 Å². The highest BCUT2D eigenvalue weighted by Gasteiger charge is 2.16. The quantitative estimate of drug-likeness (QED) is 0.588. The minimum Gasteiger partial charge on any atom is -0.493 e. The second kappa shape index (κ2) is 7.48. The summed E-state index contributed by atoms with van der Waals surface area (Å²) in [5, 5.41) is 12.7. The van der Waals surface area contributed by atoms with Crippen LogP contribution in [0.3, 0.4) is 0 Å². The summed E-state index contributed by atoms with van der Waals surface area (Å²) in [5.74, 6) is 0.847. The topological polar surface area (TPSA) is 98.0 Å². The van der Waals surface area contributed by atoms with Gasteiger partial charge in [-0.25, -0.2) is 0 Å². The van der Waals surface area contributed by atoms with Crippen molar-refractivity contribution in [2.75, 3.05) is 14.2 Å². The first-order chi connectivity index (χ1) is 11.5. The zero-order valence-electron chi connectivity index (χ0n) is 13.0. The smallest absolute Gasteiger partial charge is 0.358 e. The van der Waals surface area contributed by atoms with Crippen LogP contribution < -0.4 is 9.47 Å². The van der Waals surface area contributed by atoms with Crippen LogP contribution in [0.4, 0.5) is 0 Å². The lowest BCUT2D eigenvalue weighted by Gasteiger charge is -2.08. The van der Waals surface area contributed by atoms with Crippen molar-refractivity contribution >= 4 is 15.8 Å². The maximum absolute atomic E-state index is 12.0. The van der Waals surface area contributed by atoms with Gasteiger partial charge in [-0.2, -0.15) is 13.7 Å². The van der Waals surface area contributed by atoms with Gasteiger partial charge >= 0.3 is 10.1 Å². The van der Waals surface area contributed by atoms with Crippen molar-refractivity contribution < 1.29 is 22.2 Å². The molecule has 0 N–H and O–H groups in total. The van der Waals surface area contributed by atoms with Crippen LogP contribution in [0.1, 0.15) is 5.56 Å². The second-order valence-electron chi connectivity index (χ2n) is 4.46. The average Bonchev–Trinajstić information content (AvgIpc) is 2.62. The number of benzene rings is 2. The lowest BCUT2D eigenvalue weighted by Crippen LogP contribution is -2.06. The summed E-state index contributed by atoms with van der Waals surface area (Å²) in [6, 6.07) is 13.9. The van der Waals surface area contributed by atoms with Gasteiger partial charge in [0.15, 0.2) is 17.2 Å². The largest absolute Gasteiger partial charge is 0.493 e. The molecule has 0 bridgehead atoms. The second-order valence-corrected chi connectivity index (χ2v) is 5.99. The number of nitrogens with zero attached hydrogens (tertiary/aromatic N) is 2. The zero-order valence-corrected chi connectivity index (χ0v) is 13.8. The molecule has 2 rings (SSSR count). The van der Waals surface area contributed by atoms with E-state index in [-0.39, 0.29) is 10.6 Å². The summed E-state index contributed by atoms with van der Waals surface area (Å²) in [6.45, 7) is 0. The van der Waals surface area contributed by atoms with E-state index >= 15 is 0 Å². The van der Waals surface area contributed by atoms with Gasteiger partial charge in [0, 0.05) is 5.56 Å². The maximum atomic E-state index is 12.0. The molecular formula is C16H14N2O5S. The van der Waals surface area contributed by atoms with Crippen molar-refractivity contribution in [1.29, 1.82) is 5.26 Å². The monoisotopic (exact) mass is 346 g/mol. The number of methoxy groups -OCH3 is 2. The van der Waals surface area contributed by atoms with Gasteiger partial charge in [0.25, 0.3) is 0 Å². The van der Waals surface area contributed by atoms with Crippen LogP contribution in [0.2, 0.25) is 0 Å². The fourth-order valence-electron chi connectivity index (χ4n) is 1.84. The Kier molecular flexibility index (Phi) is 5.39. The van der Waals surface area contributed by atoms with Gasteiger partial charge in [0.2, 0.25) is 0 Å². The molecule has 7 nitrogen and oxygen atoms in total. The summed E-state index contributed by atoms with van der Waals surface area (Å²) in [4.78, 5) is -0.0571. The summed E-state index contributed by atoms with van der Waals surface area (Å²) >= 11 is 0. The number of hydrogen-bond acceptors (Lipinski definition) is 7. The number of oxime groups is 1. The third kappa shape index (κ3) is 3.83. The molecule has 0 aliphatic heterocycles. The fourth-order valence-corrected chi connectivity index (χ4v) is 2.59. The lowest BCUT2D eigenvalue weighted by atomic mass is 10.1. The van der Waals surface area contributed by atoms with E-state index < -0.39 is 10.1 Å². The predicted molar refractivity (Wildman–Crippen MR) is 86.4 cm³/mol. The van der Waals surface area contributed by atoms with E-state index in [1.165, 1.54) is 32.4 Å². The van der Waals surface area contributed by atoms with E-state index in [1.807, 2.05) is 0 Å². The molecule has 0 saturated carbocycles.